The molecule has 1 unspecified atom stereocenters. The Hall–Kier alpha value is -1.10. The van der Waals surface area contributed by atoms with Crippen molar-refractivity contribution in [1.29, 1.82) is 0 Å². The highest BCUT2D eigenvalue weighted by molar-refractivity contribution is 5.84. The summed E-state index contributed by atoms with van der Waals surface area (Å²) in [7, 11) is 1.65. The summed E-state index contributed by atoms with van der Waals surface area (Å²) in [6, 6.07) is -0.203. The van der Waals surface area contributed by atoms with Crippen LogP contribution in [-0.4, -0.2) is 54.3 Å². The smallest absolute Gasteiger partial charge is 0.242 e. The van der Waals surface area contributed by atoms with Gasteiger partial charge in [0.1, 0.15) is 0 Å². The first-order valence-corrected chi connectivity index (χ1v) is 6.90. The first kappa shape index (κ1) is 17.9. The molecule has 0 aromatic heterocycles. The molecule has 19 heavy (non-hydrogen) atoms. The zero-order valence-electron chi connectivity index (χ0n) is 13.2. The third-order valence-electron chi connectivity index (χ3n) is 3.42. The van der Waals surface area contributed by atoms with Crippen LogP contribution < -0.4 is 5.73 Å². The number of nitrogens with two attached hydrogens (primary N) is 1. The third-order valence-corrected chi connectivity index (χ3v) is 3.42. The summed E-state index contributed by atoms with van der Waals surface area (Å²) in [5.74, 6) is -0.104. The molecule has 1 atom stereocenters. The van der Waals surface area contributed by atoms with E-state index in [1.54, 1.807) is 11.9 Å². The summed E-state index contributed by atoms with van der Waals surface area (Å²) >= 11 is 0. The molecule has 0 fully saturated rings. The fourth-order valence-corrected chi connectivity index (χ4v) is 1.62. The van der Waals surface area contributed by atoms with Gasteiger partial charge in [0.2, 0.25) is 11.8 Å². The molecule has 0 aliphatic carbocycles. The van der Waals surface area contributed by atoms with Gasteiger partial charge in [-0.05, 0) is 19.3 Å². The number of hydrogen-bond acceptors (Lipinski definition) is 3. The van der Waals surface area contributed by atoms with Gasteiger partial charge in [0.25, 0.3) is 0 Å². The molecular formula is C14H29N3O2. The molecule has 2 amide bonds. The van der Waals surface area contributed by atoms with Gasteiger partial charge in [0.05, 0.1) is 6.54 Å². The molecule has 0 spiro atoms. The predicted molar refractivity (Wildman–Crippen MR) is 77.6 cm³/mol. The molecule has 0 saturated heterocycles. The van der Waals surface area contributed by atoms with E-state index in [2.05, 4.69) is 0 Å². The van der Waals surface area contributed by atoms with Crippen LogP contribution in [-0.2, 0) is 9.59 Å². The van der Waals surface area contributed by atoms with E-state index in [0.29, 0.717) is 13.1 Å². The molecule has 0 aromatic carbocycles. The van der Waals surface area contributed by atoms with Gasteiger partial charge in [0, 0.05) is 32.6 Å². The van der Waals surface area contributed by atoms with E-state index in [-0.39, 0.29) is 36.2 Å². The van der Waals surface area contributed by atoms with Crippen LogP contribution >= 0.6 is 0 Å². The molecule has 0 rings (SSSR count). The lowest BCUT2D eigenvalue weighted by molar-refractivity contribution is -0.139. The Balaban J connectivity index is 4.39. The number of carbonyl (C=O) groups is 2. The average Bonchev–Trinajstić information content (AvgIpc) is 2.28. The van der Waals surface area contributed by atoms with Gasteiger partial charge in [-0.1, -0.05) is 20.8 Å². The van der Waals surface area contributed by atoms with E-state index in [1.807, 2.05) is 34.6 Å². The number of rotatable bonds is 6. The summed E-state index contributed by atoms with van der Waals surface area (Å²) in [5, 5.41) is 0. The highest BCUT2D eigenvalue weighted by Crippen LogP contribution is 2.20. The summed E-state index contributed by atoms with van der Waals surface area (Å²) in [6.45, 7) is 11.3. The Morgan fingerprint density at radius 1 is 1.11 bits per heavy atom. The van der Waals surface area contributed by atoms with E-state index < -0.39 is 0 Å². The lowest BCUT2D eigenvalue weighted by Crippen LogP contribution is -2.44. The van der Waals surface area contributed by atoms with Crippen LogP contribution in [0.2, 0.25) is 0 Å². The molecule has 0 bridgehead atoms. The van der Waals surface area contributed by atoms with Gasteiger partial charge in [-0.2, -0.15) is 0 Å². The maximum atomic E-state index is 12.0. The van der Waals surface area contributed by atoms with Crippen LogP contribution in [0.15, 0.2) is 0 Å². The van der Waals surface area contributed by atoms with E-state index in [4.69, 9.17) is 5.73 Å². The van der Waals surface area contributed by atoms with E-state index >= 15 is 0 Å². The number of nitrogens with zero attached hydrogens (tertiary/aromatic N) is 2. The first-order chi connectivity index (χ1) is 8.63. The van der Waals surface area contributed by atoms with Gasteiger partial charge in [0.15, 0.2) is 0 Å². The van der Waals surface area contributed by atoms with E-state index in [9.17, 15) is 9.59 Å². The third kappa shape index (κ3) is 6.05. The fourth-order valence-electron chi connectivity index (χ4n) is 1.62. The highest BCUT2D eigenvalue weighted by Gasteiger charge is 2.25. The quantitative estimate of drug-likeness (QED) is 0.786. The second kappa shape index (κ2) is 7.48. The van der Waals surface area contributed by atoms with Gasteiger partial charge >= 0.3 is 0 Å². The van der Waals surface area contributed by atoms with Crippen molar-refractivity contribution in [1.82, 2.24) is 9.80 Å². The maximum absolute atomic E-state index is 12.0. The zero-order valence-corrected chi connectivity index (χ0v) is 13.2. The highest BCUT2D eigenvalue weighted by atomic mass is 16.2. The lowest BCUT2D eigenvalue weighted by atomic mass is 9.85. The molecule has 0 aliphatic heterocycles. The Bertz CT molecular complexity index is 306. The molecule has 0 heterocycles. The molecule has 0 aromatic rings. The molecule has 0 saturated carbocycles. The number of carbonyl (C=O) groups excluding carboxylic acids is 2. The fraction of sp³-hybridized carbons (Fsp3) is 0.857. The van der Waals surface area contributed by atoms with Crippen LogP contribution in [0.5, 0.6) is 0 Å². The normalized spacial score (nSPS) is 13.0. The molecule has 0 radical (unpaired) electrons. The second-order valence-electron chi connectivity index (χ2n) is 5.99. The van der Waals surface area contributed by atoms with Crippen molar-refractivity contribution in [2.75, 3.05) is 26.7 Å². The van der Waals surface area contributed by atoms with E-state index in [0.717, 1.165) is 0 Å². The Kier molecular flexibility index (Phi) is 7.05. The molecular weight excluding hydrogens is 242 g/mol. The monoisotopic (exact) mass is 271 g/mol. The Morgan fingerprint density at radius 2 is 1.58 bits per heavy atom. The van der Waals surface area contributed by atoms with Crippen molar-refractivity contribution in [3.8, 4) is 0 Å². The molecule has 0 aliphatic rings. The standard InChI is InChI=1S/C14H29N3O2/c1-7-17(8-2)13(19)10-16(6)12(18)9-11(15)14(3,4)5/h11H,7-10,15H2,1-6H3. The summed E-state index contributed by atoms with van der Waals surface area (Å²) < 4.78 is 0. The van der Waals surface area contributed by atoms with Gasteiger partial charge in [-0.3, -0.25) is 9.59 Å². The summed E-state index contributed by atoms with van der Waals surface area (Å²) in [6.07, 6.45) is 0.269. The largest absolute Gasteiger partial charge is 0.342 e. The average molecular weight is 271 g/mol. The Morgan fingerprint density at radius 3 is 1.95 bits per heavy atom. The van der Waals surface area contributed by atoms with Crippen molar-refractivity contribution in [2.45, 2.75) is 47.1 Å². The predicted octanol–water partition coefficient (Wildman–Crippen LogP) is 1.08. The minimum atomic E-state index is -0.203. The minimum Gasteiger partial charge on any atom is -0.342 e. The maximum Gasteiger partial charge on any atom is 0.242 e. The number of likely N-dealkylation sites (N-methyl/N-ethyl adjacent to an activating group) is 2. The molecule has 5 heteroatoms. The van der Waals surface area contributed by atoms with E-state index in [1.165, 1.54) is 4.90 Å². The van der Waals surface area contributed by atoms with Crippen LogP contribution in [0.25, 0.3) is 0 Å². The zero-order chi connectivity index (χ0) is 15.2. The second-order valence-corrected chi connectivity index (χ2v) is 5.99. The topological polar surface area (TPSA) is 66.6 Å². The van der Waals surface area contributed by atoms with Gasteiger partial charge in [-0.15, -0.1) is 0 Å². The van der Waals surface area contributed by atoms with Crippen molar-refractivity contribution in [3.05, 3.63) is 0 Å². The summed E-state index contributed by atoms with van der Waals surface area (Å²) in [5.41, 5.74) is 5.88. The van der Waals surface area contributed by atoms with Crippen LogP contribution in [0.1, 0.15) is 41.0 Å². The van der Waals surface area contributed by atoms with Gasteiger partial charge < -0.3 is 15.5 Å². The van der Waals surface area contributed by atoms with Crippen molar-refractivity contribution >= 4 is 11.8 Å². The van der Waals surface area contributed by atoms with Crippen molar-refractivity contribution < 1.29 is 9.59 Å². The Labute approximate surface area is 117 Å². The number of amides is 2. The van der Waals surface area contributed by atoms with Crippen LogP contribution in [0, 0.1) is 5.41 Å². The van der Waals surface area contributed by atoms with Crippen molar-refractivity contribution in [2.24, 2.45) is 11.1 Å². The molecule has 112 valence electrons. The SMILES string of the molecule is CCN(CC)C(=O)CN(C)C(=O)CC(N)C(C)(C)C. The summed E-state index contributed by atoms with van der Waals surface area (Å²) in [4.78, 5) is 27.1. The molecule has 2 N–H and O–H groups in total. The number of hydrogen-bond donors (Lipinski definition) is 1. The lowest BCUT2D eigenvalue weighted by Gasteiger charge is -2.29. The van der Waals surface area contributed by atoms with Gasteiger partial charge in [-0.25, -0.2) is 0 Å². The van der Waals surface area contributed by atoms with Crippen LogP contribution in [0.4, 0.5) is 0 Å². The van der Waals surface area contributed by atoms with Crippen LogP contribution in [0.3, 0.4) is 0 Å². The molecule has 5 nitrogen and oxygen atoms in total. The van der Waals surface area contributed by atoms with Crippen molar-refractivity contribution in [3.63, 3.8) is 0 Å². The minimum absolute atomic E-state index is 0.0230. The first-order valence-electron chi connectivity index (χ1n) is 6.90.